The van der Waals surface area contributed by atoms with Crippen molar-refractivity contribution < 1.29 is 24.1 Å². The van der Waals surface area contributed by atoms with Gasteiger partial charge in [-0.25, -0.2) is 0 Å². The van der Waals surface area contributed by atoms with E-state index in [1.807, 2.05) is 42.5 Å². The van der Waals surface area contributed by atoms with Gasteiger partial charge in [-0.1, -0.05) is 24.3 Å². The van der Waals surface area contributed by atoms with Crippen molar-refractivity contribution in [1.29, 1.82) is 0 Å². The van der Waals surface area contributed by atoms with E-state index in [1.54, 1.807) is 7.11 Å². The smallest absolute Gasteiger partial charge is 0.231 e. The third-order valence-corrected chi connectivity index (χ3v) is 3.67. The summed E-state index contributed by atoms with van der Waals surface area (Å²) in [5.74, 6) is 2.93. The molecule has 0 saturated heterocycles. The third-order valence-electron chi connectivity index (χ3n) is 3.67. The summed E-state index contributed by atoms with van der Waals surface area (Å²) in [5.41, 5.74) is 2.08. The molecule has 2 aromatic carbocycles. The maximum atomic E-state index is 8.97. The van der Waals surface area contributed by atoms with Gasteiger partial charge in [0.1, 0.15) is 18.1 Å². The third kappa shape index (κ3) is 3.81. The monoisotopic (exact) mass is 328 g/mol. The first-order valence-electron chi connectivity index (χ1n) is 7.77. The van der Waals surface area contributed by atoms with Gasteiger partial charge in [0, 0.05) is 11.6 Å². The first-order valence-corrected chi connectivity index (χ1v) is 7.77. The van der Waals surface area contributed by atoms with Crippen LogP contribution >= 0.6 is 0 Å². The zero-order valence-electron chi connectivity index (χ0n) is 13.5. The van der Waals surface area contributed by atoms with Crippen LogP contribution in [0.5, 0.6) is 23.0 Å². The summed E-state index contributed by atoms with van der Waals surface area (Å²) < 4.78 is 21.6. The van der Waals surface area contributed by atoms with E-state index in [-0.39, 0.29) is 20.0 Å². The van der Waals surface area contributed by atoms with Gasteiger partial charge in [0.2, 0.25) is 6.79 Å². The second-order valence-corrected chi connectivity index (χ2v) is 5.26. The van der Waals surface area contributed by atoms with Crippen LogP contribution in [0.2, 0.25) is 0 Å². The summed E-state index contributed by atoms with van der Waals surface area (Å²) in [4.78, 5) is 0. The zero-order valence-corrected chi connectivity index (χ0v) is 13.5. The number of aliphatic hydroxyl groups excluding tert-OH is 1. The molecular weight excluding hydrogens is 308 g/mol. The van der Waals surface area contributed by atoms with E-state index in [0.29, 0.717) is 17.9 Å². The van der Waals surface area contributed by atoms with E-state index in [1.165, 1.54) is 0 Å². The number of allylic oxidation sites excluding steroid dienone is 1. The summed E-state index contributed by atoms with van der Waals surface area (Å²) in [6.07, 6.45) is 4.79. The fourth-order valence-electron chi connectivity index (χ4n) is 2.45. The molecule has 0 aliphatic carbocycles. The lowest BCUT2D eigenvalue weighted by atomic mass is 10.1. The van der Waals surface area contributed by atoms with Gasteiger partial charge < -0.3 is 24.1 Å². The molecule has 5 heteroatoms. The van der Waals surface area contributed by atoms with E-state index in [2.05, 4.69) is 6.08 Å². The zero-order chi connectivity index (χ0) is 16.8. The molecule has 1 N–H and O–H groups in total. The molecule has 0 spiro atoms. The summed E-state index contributed by atoms with van der Waals surface area (Å²) in [6.45, 7) is 0.435. The van der Waals surface area contributed by atoms with E-state index < -0.39 is 0 Å². The molecule has 0 radical (unpaired) electrons. The number of rotatable bonds is 7. The van der Waals surface area contributed by atoms with E-state index >= 15 is 0 Å². The largest absolute Gasteiger partial charge is 0.497 e. The molecule has 1 aliphatic rings. The Morgan fingerprint density at radius 2 is 1.88 bits per heavy atom. The maximum Gasteiger partial charge on any atom is 0.231 e. The number of hydrogen-bond donors (Lipinski definition) is 1. The Kier molecular flexibility index (Phi) is 5.23. The second kappa shape index (κ2) is 7.75. The van der Waals surface area contributed by atoms with Gasteiger partial charge in [0.25, 0.3) is 0 Å². The SMILES string of the molecule is COc1ccc(C=CCc2cc3c(cc2OCCO)OCO3)cc1. The van der Waals surface area contributed by atoms with Crippen LogP contribution in [0.25, 0.3) is 6.08 Å². The molecule has 0 atom stereocenters. The molecule has 0 fully saturated rings. The van der Waals surface area contributed by atoms with Gasteiger partial charge >= 0.3 is 0 Å². The highest BCUT2D eigenvalue weighted by Gasteiger charge is 2.17. The lowest BCUT2D eigenvalue weighted by molar-refractivity contribution is 0.173. The Bertz CT molecular complexity index is 706. The molecule has 3 rings (SSSR count). The van der Waals surface area contributed by atoms with Crippen LogP contribution in [0, 0.1) is 0 Å². The lowest BCUT2D eigenvalue weighted by Gasteiger charge is -2.10. The Morgan fingerprint density at radius 1 is 1.12 bits per heavy atom. The molecule has 24 heavy (non-hydrogen) atoms. The van der Waals surface area contributed by atoms with Crippen LogP contribution < -0.4 is 18.9 Å². The molecule has 0 unspecified atom stereocenters. The Labute approximate surface area is 141 Å². The standard InChI is InChI=1S/C19H20O5/c1-21-16-7-5-14(6-8-16)3-2-4-15-11-18-19(24-13-23-18)12-17(15)22-10-9-20/h2-3,5-8,11-12,20H,4,9-10,13H2,1H3. The minimum absolute atomic E-state index is 0.0322. The van der Waals surface area contributed by atoms with Crippen LogP contribution in [-0.4, -0.2) is 32.2 Å². The summed E-state index contributed by atoms with van der Waals surface area (Å²) in [6, 6.07) is 11.6. The van der Waals surface area contributed by atoms with Crippen molar-refractivity contribution in [3.8, 4) is 23.0 Å². The highest BCUT2D eigenvalue weighted by molar-refractivity contribution is 5.55. The number of aliphatic hydroxyl groups is 1. The maximum absolute atomic E-state index is 8.97. The summed E-state index contributed by atoms with van der Waals surface area (Å²) in [5, 5.41) is 8.97. The molecule has 126 valence electrons. The fraction of sp³-hybridized carbons (Fsp3) is 0.263. The highest BCUT2D eigenvalue weighted by Crippen LogP contribution is 2.38. The molecule has 0 amide bonds. The first-order chi connectivity index (χ1) is 11.8. The predicted molar refractivity (Wildman–Crippen MR) is 90.9 cm³/mol. The topological polar surface area (TPSA) is 57.2 Å². The van der Waals surface area contributed by atoms with Crippen molar-refractivity contribution in [3.63, 3.8) is 0 Å². The van der Waals surface area contributed by atoms with Crippen molar-refractivity contribution in [3.05, 3.63) is 53.6 Å². The predicted octanol–water partition coefficient (Wildman–Crippen LogP) is 3.05. The molecule has 2 aromatic rings. The minimum Gasteiger partial charge on any atom is -0.497 e. The Morgan fingerprint density at radius 3 is 2.58 bits per heavy atom. The number of methoxy groups -OCH3 is 1. The first kappa shape index (κ1) is 16.2. The molecule has 1 heterocycles. The normalized spacial score (nSPS) is 12.6. The lowest BCUT2D eigenvalue weighted by Crippen LogP contribution is -2.03. The van der Waals surface area contributed by atoms with Gasteiger partial charge in [-0.15, -0.1) is 0 Å². The van der Waals surface area contributed by atoms with Gasteiger partial charge in [0.15, 0.2) is 11.5 Å². The van der Waals surface area contributed by atoms with Crippen LogP contribution in [0.4, 0.5) is 0 Å². The van der Waals surface area contributed by atoms with E-state index in [4.69, 9.17) is 24.1 Å². The number of benzene rings is 2. The molecule has 5 nitrogen and oxygen atoms in total. The van der Waals surface area contributed by atoms with Gasteiger partial charge in [-0.2, -0.15) is 0 Å². The van der Waals surface area contributed by atoms with Crippen LogP contribution in [0.1, 0.15) is 11.1 Å². The second-order valence-electron chi connectivity index (χ2n) is 5.26. The summed E-state index contributed by atoms with van der Waals surface area (Å²) in [7, 11) is 1.65. The van der Waals surface area contributed by atoms with Gasteiger partial charge in [0.05, 0.1) is 13.7 Å². The Balaban J connectivity index is 1.74. The van der Waals surface area contributed by atoms with Crippen molar-refractivity contribution in [2.75, 3.05) is 27.1 Å². The fourth-order valence-corrected chi connectivity index (χ4v) is 2.45. The highest BCUT2D eigenvalue weighted by atomic mass is 16.7. The molecule has 0 bridgehead atoms. The summed E-state index contributed by atoms with van der Waals surface area (Å²) >= 11 is 0. The van der Waals surface area contributed by atoms with Crippen LogP contribution in [0.15, 0.2) is 42.5 Å². The number of fused-ring (bicyclic) bond motifs is 1. The minimum atomic E-state index is -0.0322. The molecule has 1 aliphatic heterocycles. The van der Waals surface area contributed by atoms with Crippen LogP contribution in [-0.2, 0) is 6.42 Å². The molecular formula is C19H20O5. The quantitative estimate of drug-likeness (QED) is 0.846. The van der Waals surface area contributed by atoms with Crippen molar-refractivity contribution in [2.24, 2.45) is 0 Å². The molecule has 0 saturated carbocycles. The van der Waals surface area contributed by atoms with Crippen LogP contribution in [0.3, 0.4) is 0 Å². The average molecular weight is 328 g/mol. The van der Waals surface area contributed by atoms with Crippen molar-refractivity contribution >= 4 is 6.08 Å². The van der Waals surface area contributed by atoms with Gasteiger partial charge in [-0.05, 0) is 30.2 Å². The molecule has 0 aromatic heterocycles. The average Bonchev–Trinajstić information content (AvgIpc) is 3.07. The van der Waals surface area contributed by atoms with E-state index in [0.717, 1.165) is 22.6 Å². The number of ether oxygens (including phenoxy) is 4. The van der Waals surface area contributed by atoms with Gasteiger partial charge in [-0.3, -0.25) is 0 Å². The van der Waals surface area contributed by atoms with E-state index in [9.17, 15) is 0 Å². The Hall–Kier alpha value is -2.66. The van der Waals surface area contributed by atoms with Crippen molar-refractivity contribution in [1.82, 2.24) is 0 Å². The van der Waals surface area contributed by atoms with Crippen molar-refractivity contribution in [2.45, 2.75) is 6.42 Å². The number of hydrogen-bond acceptors (Lipinski definition) is 5.